The van der Waals surface area contributed by atoms with Gasteiger partial charge >= 0.3 is 0 Å². The summed E-state index contributed by atoms with van der Waals surface area (Å²) < 4.78 is 13.0. The number of aromatic nitrogens is 4. The third-order valence-corrected chi connectivity index (χ3v) is 3.93. The van der Waals surface area contributed by atoms with Crippen molar-refractivity contribution in [1.29, 1.82) is 5.26 Å². The molecule has 0 unspecified atom stereocenters. The molecule has 0 fully saturated rings. The summed E-state index contributed by atoms with van der Waals surface area (Å²) in [5.74, 6) is 0.894. The molecule has 3 N–H and O–H groups in total. The number of nitrogens with two attached hydrogens (primary N) is 1. The van der Waals surface area contributed by atoms with Crippen molar-refractivity contribution in [3.63, 3.8) is 0 Å². The van der Waals surface area contributed by atoms with E-state index in [0.29, 0.717) is 27.9 Å². The van der Waals surface area contributed by atoms with Crippen LogP contribution in [0.2, 0.25) is 0 Å². The molecule has 0 saturated carbocycles. The fourth-order valence-electron chi connectivity index (χ4n) is 1.92. The Hall–Kier alpha value is -3.25. The highest BCUT2D eigenvalue weighted by Crippen LogP contribution is 2.21. The SMILES string of the molecule is N#Cc1ccnc(SCc2nc(N)nc(Nc3ccc(F)cc3)n2)c1. The number of hydrogen-bond acceptors (Lipinski definition) is 8. The first-order valence-electron chi connectivity index (χ1n) is 7.14. The van der Waals surface area contributed by atoms with Crippen molar-refractivity contribution in [1.82, 2.24) is 19.9 Å². The minimum atomic E-state index is -0.329. The first-order chi connectivity index (χ1) is 12.1. The van der Waals surface area contributed by atoms with Gasteiger partial charge in [0.2, 0.25) is 11.9 Å². The van der Waals surface area contributed by atoms with Crippen LogP contribution in [-0.2, 0) is 5.75 Å². The highest BCUT2D eigenvalue weighted by Gasteiger charge is 2.07. The summed E-state index contributed by atoms with van der Waals surface area (Å²) in [4.78, 5) is 16.6. The molecule has 0 aliphatic heterocycles. The Kier molecular flexibility index (Phi) is 5.01. The molecule has 2 heterocycles. The van der Waals surface area contributed by atoms with Gasteiger partial charge in [-0.25, -0.2) is 9.37 Å². The van der Waals surface area contributed by atoms with Gasteiger partial charge in [-0.3, -0.25) is 0 Å². The van der Waals surface area contributed by atoms with Gasteiger partial charge in [-0.05, 0) is 36.4 Å². The topological polar surface area (TPSA) is 113 Å². The first-order valence-corrected chi connectivity index (χ1v) is 8.13. The maximum absolute atomic E-state index is 13.0. The first kappa shape index (κ1) is 16.6. The van der Waals surface area contributed by atoms with E-state index >= 15 is 0 Å². The maximum atomic E-state index is 13.0. The summed E-state index contributed by atoms with van der Waals surface area (Å²) in [6, 6.07) is 11.2. The third-order valence-electron chi connectivity index (χ3n) is 3.01. The van der Waals surface area contributed by atoms with Crippen molar-refractivity contribution < 1.29 is 4.39 Å². The molecule has 3 aromatic rings. The van der Waals surface area contributed by atoms with Crippen LogP contribution in [0.15, 0.2) is 47.6 Å². The van der Waals surface area contributed by atoms with Crippen LogP contribution in [0.4, 0.5) is 22.0 Å². The van der Waals surface area contributed by atoms with Gasteiger partial charge in [0.1, 0.15) is 11.6 Å². The van der Waals surface area contributed by atoms with Gasteiger partial charge in [-0.15, -0.1) is 0 Å². The lowest BCUT2D eigenvalue weighted by Crippen LogP contribution is -2.06. The van der Waals surface area contributed by atoms with Crippen LogP contribution < -0.4 is 11.1 Å². The highest BCUT2D eigenvalue weighted by molar-refractivity contribution is 7.98. The number of hydrogen-bond donors (Lipinski definition) is 2. The number of pyridine rings is 1. The third kappa shape index (κ3) is 4.62. The van der Waals surface area contributed by atoms with Gasteiger partial charge in [0.05, 0.1) is 22.4 Å². The summed E-state index contributed by atoms with van der Waals surface area (Å²) in [6.07, 6.45) is 1.57. The van der Waals surface area contributed by atoms with E-state index in [4.69, 9.17) is 11.0 Å². The van der Waals surface area contributed by atoms with Crippen LogP contribution in [0.1, 0.15) is 11.4 Å². The number of rotatable bonds is 5. The Morgan fingerprint density at radius 1 is 1.16 bits per heavy atom. The largest absolute Gasteiger partial charge is 0.368 e. The predicted octanol–water partition coefficient (Wildman–Crippen LogP) is 2.90. The molecule has 1 aromatic carbocycles. The standard InChI is InChI=1S/C16H12FN7S/c17-11-1-3-12(4-2-11)21-16-23-13(22-15(19)24-16)9-25-14-7-10(8-18)5-6-20-14/h1-7H,9H2,(H3,19,21,22,23,24). The van der Waals surface area contributed by atoms with E-state index in [1.807, 2.05) is 0 Å². The molecule has 0 atom stereocenters. The number of nitrogens with one attached hydrogen (secondary N) is 1. The van der Waals surface area contributed by atoms with Crippen LogP contribution >= 0.6 is 11.8 Å². The number of anilines is 3. The smallest absolute Gasteiger partial charge is 0.232 e. The summed E-state index contributed by atoms with van der Waals surface area (Å²) in [6.45, 7) is 0. The monoisotopic (exact) mass is 353 g/mol. The Labute approximate surface area is 147 Å². The van der Waals surface area contributed by atoms with Crippen molar-refractivity contribution in [2.45, 2.75) is 10.8 Å². The molecular weight excluding hydrogens is 341 g/mol. The van der Waals surface area contributed by atoms with Crippen LogP contribution in [0.5, 0.6) is 0 Å². The lowest BCUT2D eigenvalue weighted by molar-refractivity contribution is 0.628. The van der Waals surface area contributed by atoms with Crippen molar-refractivity contribution in [2.75, 3.05) is 11.1 Å². The number of nitriles is 1. The molecule has 124 valence electrons. The zero-order valence-electron chi connectivity index (χ0n) is 12.8. The van der Waals surface area contributed by atoms with E-state index in [9.17, 15) is 4.39 Å². The molecule has 3 rings (SSSR count). The number of thioether (sulfide) groups is 1. The van der Waals surface area contributed by atoms with Gasteiger partial charge in [0.25, 0.3) is 0 Å². The summed E-state index contributed by atoms with van der Waals surface area (Å²) in [5.41, 5.74) is 6.89. The highest BCUT2D eigenvalue weighted by atomic mass is 32.2. The number of benzene rings is 1. The lowest BCUT2D eigenvalue weighted by atomic mass is 10.3. The molecule has 2 aromatic heterocycles. The molecular formula is C16H12FN7S. The van der Waals surface area contributed by atoms with Crippen LogP contribution in [-0.4, -0.2) is 19.9 Å². The Morgan fingerprint density at radius 3 is 2.72 bits per heavy atom. The summed E-state index contributed by atoms with van der Waals surface area (Å²) in [5, 5.41) is 12.5. The molecule has 25 heavy (non-hydrogen) atoms. The average Bonchev–Trinajstić information content (AvgIpc) is 2.62. The van der Waals surface area contributed by atoms with E-state index in [0.717, 1.165) is 0 Å². The van der Waals surface area contributed by atoms with Gasteiger partial charge in [0.15, 0.2) is 0 Å². The number of nitrogens with zero attached hydrogens (tertiary/aromatic N) is 5. The average molecular weight is 353 g/mol. The fraction of sp³-hybridized carbons (Fsp3) is 0.0625. The molecule has 0 aliphatic carbocycles. The van der Waals surface area contributed by atoms with Crippen LogP contribution in [0.3, 0.4) is 0 Å². The van der Waals surface area contributed by atoms with Crippen molar-refractivity contribution >= 4 is 29.3 Å². The van der Waals surface area contributed by atoms with E-state index in [2.05, 4.69) is 31.3 Å². The zero-order valence-corrected chi connectivity index (χ0v) is 13.7. The number of halogens is 1. The maximum Gasteiger partial charge on any atom is 0.232 e. The summed E-state index contributed by atoms with van der Waals surface area (Å²) in [7, 11) is 0. The lowest BCUT2D eigenvalue weighted by Gasteiger charge is -2.07. The molecule has 0 saturated heterocycles. The number of nitrogen functional groups attached to an aromatic ring is 1. The molecule has 0 amide bonds. The van der Waals surface area contributed by atoms with E-state index in [-0.39, 0.29) is 17.7 Å². The molecule has 7 nitrogen and oxygen atoms in total. The van der Waals surface area contributed by atoms with Crippen molar-refractivity contribution in [3.8, 4) is 6.07 Å². The van der Waals surface area contributed by atoms with Gasteiger partial charge in [0, 0.05) is 11.9 Å². The minimum Gasteiger partial charge on any atom is -0.368 e. The molecule has 9 heteroatoms. The van der Waals surface area contributed by atoms with Gasteiger partial charge < -0.3 is 11.1 Å². The quantitative estimate of drug-likeness (QED) is 0.673. The molecule has 0 aliphatic rings. The summed E-state index contributed by atoms with van der Waals surface area (Å²) >= 11 is 1.38. The van der Waals surface area contributed by atoms with E-state index < -0.39 is 0 Å². The fourth-order valence-corrected chi connectivity index (χ4v) is 2.67. The Morgan fingerprint density at radius 2 is 1.96 bits per heavy atom. The van der Waals surface area contributed by atoms with Crippen molar-refractivity contribution in [2.24, 2.45) is 0 Å². The Bertz CT molecular complexity index is 925. The minimum absolute atomic E-state index is 0.0777. The Balaban J connectivity index is 1.72. The van der Waals surface area contributed by atoms with E-state index in [1.165, 1.54) is 23.9 Å². The van der Waals surface area contributed by atoms with Crippen LogP contribution in [0.25, 0.3) is 0 Å². The zero-order chi connectivity index (χ0) is 17.6. The van der Waals surface area contributed by atoms with Gasteiger partial charge in [-0.1, -0.05) is 11.8 Å². The molecule has 0 radical (unpaired) electrons. The predicted molar refractivity (Wildman–Crippen MR) is 92.4 cm³/mol. The second-order valence-electron chi connectivity index (χ2n) is 4.85. The molecule has 0 spiro atoms. The van der Waals surface area contributed by atoms with E-state index in [1.54, 1.807) is 30.5 Å². The van der Waals surface area contributed by atoms with Gasteiger partial charge in [-0.2, -0.15) is 20.2 Å². The second kappa shape index (κ2) is 7.55. The normalized spacial score (nSPS) is 10.2. The van der Waals surface area contributed by atoms with Crippen molar-refractivity contribution in [3.05, 3.63) is 59.8 Å². The second-order valence-corrected chi connectivity index (χ2v) is 5.84. The molecule has 0 bridgehead atoms. The van der Waals surface area contributed by atoms with Crippen LogP contribution in [0, 0.1) is 17.1 Å².